The molecule has 1 heterocycles. The smallest absolute Gasteiger partial charge is 0.266 e. The van der Waals surface area contributed by atoms with Crippen LogP contribution in [-0.2, 0) is 4.79 Å². The van der Waals surface area contributed by atoms with Gasteiger partial charge in [-0.2, -0.15) is 0 Å². The molecule has 1 unspecified atom stereocenters. The Labute approximate surface area is 228 Å². The number of fused-ring (bicyclic) bond motifs is 1. The minimum atomic E-state index is -0.874. The molecule has 186 valence electrons. The van der Waals surface area contributed by atoms with Crippen molar-refractivity contribution >= 4 is 74.8 Å². The monoisotopic (exact) mass is 561 g/mol. The quantitative estimate of drug-likeness (QED) is 0.233. The highest BCUT2D eigenvalue weighted by Crippen LogP contribution is 2.32. The third kappa shape index (κ3) is 6.10. The molecule has 0 fully saturated rings. The summed E-state index contributed by atoms with van der Waals surface area (Å²) in [5.74, 6) is 0.693. The molecule has 6 nitrogen and oxygen atoms in total. The number of thiocarbonyl (C=S) groups is 1. The highest BCUT2D eigenvalue weighted by Gasteiger charge is 2.18. The summed E-state index contributed by atoms with van der Waals surface area (Å²) in [5.41, 5.74) is 3.83. The van der Waals surface area contributed by atoms with Crippen molar-refractivity contribution in [2.24, 2.45) is 0 Å². The van der Waals surface area contributed by atoms with Gasteiger partial charge in [0.1, 0.15) is 11.3 Å². The summed E-state index contributed by atoms with van der Waals surface area (Å²) in [6.45, 7) is 5.83. The van der Waals surface area contributed by atoms with E-state index in [4.69, 9.17) is 56.2 Å². The van der Waals surface area contributed by atoms with Crippen molar-refractivity contribution in [1.29, 1.82) is 0 Å². The van der Waals surface area contributed by atoms with Gasteiger partial charge in [0.05, 0.1) is 15.7 Å². The summed E-state index contributed by atoms with van der Waals surface area (Å²) >= 11 is 23.7. The number of carbonyl (C=O) groups excluding carboxylic acids is 1. The Balaban J connectivity index is 1.45. The van der Waals surface area contributed by atoms with Crippen LogP contribution >= 0.6 is 47.0 Å². The first kappa shape index (κ1) is 26.2. The average Bonchev–Trinajstić information content (AvgIpc) is 3.25. The number of oxazole rings is 1. The first-order chi connectivity index (χ1) is 17.1. The van der Waals surface area contributed by atoms with Gasteiger partial charge in [0.15, 0.2) is 16.8 Å². The lowest BCUT2D eigenvalue weighted by Gasteiger charge is -2.17. The molecule has 0 radical (unpaired) electrons. The lowest BCUT2D eigenvalue weighted by Crippen LogP contribution is -2.42. The predicted octanol–water partition coefficient (Wildman–Crippen LogP) is 7.86. The van der Waals surface area contributed by atoms with Gasteiger partial charge in [-0.25, -0.2) is 4.98 Å². The number of aromatic nitrogens is 1. The average molecular weight is 563 g/mol. The fourth-order valence-electron chi connectivity index (χ4n) is 3.36. The molecule has 0 saturated carbocycles. The molecule has 0 aliphatic carbocycles. The van der Waals surface area contributed by atoms with Crippen LogP contribution in [0.1, 0.15) is 32.3 Å². The molecule has 0 saturated heterocycles. The number of hydrogen-bond donors (Lipinski definition) is 2. The van der Waals surface area contributed by atoms with Gasteiger partial charge in [0.25, 0.3) is 5.91 Å². The molecule has 4 aromatic rings. The number of hydrogen-bond acceptors (Lipinski definition) is 5. The van der Waals surface area contributed by atoms with E-state index in [1.165, 1.54) is 11.6 Å². The molecule has 0 aliphatic rings. The standard InChI is InChI=1S/C26H22Cl3N3O3S/c1-13(2)15-5-8-23-21(10-15)30-25(35-23)16-4-7-18(28)20(11-16)31-26(36)32-24(33)14(3)34-22-9-6-17(27)12-19(22)29/h4-14H,1-3H3,(H2,31,32,33,36). The Kier molecular flexibility index (Phi) is 8.05. The van der Waals surface area contributed by atoms with Gasteiger partial charge >= 0.3 is 0 Å². The number of rotatable bonds is 6. The van der Waals surface area contributed by atoms with Crippen molar-refractivity contribution in [3.8, 4) is 17.2 Å². The molecule has 1 atom stereocenters. The number of amides is 1. The number of nitrogens with one attached hydrogen (secondary N) is 2. The highest BCUT2D eigenvalue weighted by molar-refractivity contribution is 7.80. The first-order valence-electron chi connectivity index (χ1n) is 11.0. The van der Waals surface area contributed by atoms with Gasteiger partial charge in [-0.1, -0.05) is 54.7 Å². The molecule has 2 N–H and O–H groups in total. The molecular formula is C26H22Cl3N3O3S. The number of halogens is 3. The lowest BCUT2D eigenvalue weighted by molar-refractivity contribution is -0.125. The van der Waals surface area contributed by atoms with Crippen LogP contribution in [0.2, 0.25) is 15.1 Å². The van der Waals surface area contributed by atoms with E-state index in [-0.39, 0.29) is 5.11 Å². The van der Waals surface area contributed by atoms with E-state index in [1.54, 1.807) is 37.3 Å². The van der Waals surface area contributed by atoms with Crippen LogP contribution in [-0.4, -0.2) is 22.1 Å². The van der Waals surface area contributed by atoms with Crippen LogP contribution in [0.15, 0.2) is 59.0 Å². The normalized spacial score (nSPS) is 12.0. The third-order valence-corrected chi connectivity index (χ3v) is 6.41. The first-order valence-corrected chi connectivity index (χ1v) is 12.6. The van der Waals surface area contributed by atoms with Crippen LogP contribution in [0.3, 0.4) is 0 Å². The fraction of sp³-hybridized carbons (Fsp3) is 0.192. The zero-order chi connectivity index (χ0) is 26.0. The molecule has 0 spiro atoms. The van der Waals surface area contributed by atoms with Crippen molar-refractivity contribution in [2.45, 2.75) is 32.8 Å². The number of ether oxygens (including phenoxy) is 1. The predicted molar refractivity (Wildman–Crippen MR) is 149 cm³/mol. The van der Waals surface area contributed by atoms with Crippen LogP contribution < -0.4 is 15.4 Å². The number of carbonyl (C=O) groups is 1. The Hall–Kier alpha value is -2.84. The fourth-order valence-corrected chi connectivity index (χ4v) is 4.19. The molecule has 3 aromatic carbocycles. The van der Waals surface area contributed by atoms with Crippen LogP contribution in [0.25, 0.3) is 22.6 Å². The summed E-state index contributed by atoms with van der Waals surface area (Å²) in [5, 5.41) is 6.76. The summed E-state index contributed by atoms with van der Waals surface area (Å²) in [6.07, 6.45) is -0.874. The van der Waals surface area contributed by atoms with Gasteiger partial charge in [-0.15, -0.1) is 0 Å². The third-order valence-electron chi connectivity index (χ3n) is 5.34. The molecule has 1 aromatic heterocycles. The van der Waals surface area contributed by atoms with E-state index in [0.29, 0.717) is 49.5 Å². The Bertz CT molecular complexity index is 1460. The van der Waals surface area contributed by atoms with Crippen molar-refractivity contribution < 1.29 is 13.9 Å². The highest BCUT2D eigenvalue weighted by atomic mass is 35.5. The van der Waals surface area contributed by atoms with Gasteiger partial charge in [0.2, 0.25) is 5.89 Å². The van der Waals surface area contributed by atoms with Gasteiger partial charge in [-0.3, -0.25) is 10.1 Å². The van der Waals surface area contributed by atoms with Gasteiger partial charge < -0.3 is 14.5 Å². The molecule has 10 heteroatoms. The van der Waals surface area contributed by atoms with Gasteiger partial charge in [0, 0.05) is 10.6 Å². The van der Waals surface area contributed by atoms with Gasteiger partial charge in [-0.05, 0) is 79.2 Å². The van der Waals surface area contributed by atoms with Crippen molar-refractivity contribution in [2.75, 3.05) is 5.32 Å². The van der Waals surface area contributed by atoms with E-state index in [2.05, 4.69) is 29.5 Å². The van der Waals surface area contributed by atoms with Crippen LogP contribution in [0, 0.1) is 0 Å². The maximum absolute atomic E-state index is 12.6. The Morgan fingerprint density at radius 2 is 1.78 bits per heavy atom. The summed E-state index contributed by atoms with van der Waals surface area (Å²) in [4.78, 5) is 17.2. The van der Waals surface area contributed by atoms with E-state index in [9.17, 15) is 4.79 Å². The lowest BCUT2D eigenvalue weighted by atomic mass is 10.0. The molecule has 36 heavy (non-hydrogen) atoms. The molecule has 0 bridgehead atoms. The topological polar surface area (TPSA) is 76.4 Å². The maximum atomic E-state index is 12.6. The summed E-state index contributed by atoms with van der Waals surface area (Å²) in [6, 6.07) is 16.0. The minimum Gasteiger partial charge on any atom is -0.479 e. The largest absolute Gasteiger partial charge is 0.479 e. The zero-order valence-electron chi connectivity index (χ0n) is 19.6. The number of benzene rings is 3. The van der Waals surface area contributed by atoms with Crippen molar-refractivity contribution in [1.82, 2.24) is 10.3 Å². The minimum absolute atomic E-state index is 0.0517. The van der Waals surface area contributed by atoms with Crippen LogP contribution in [0.4, 0.5) is 5.69 Å². The molecule has 4 rings (SSSR count). The van der Waals surface area contributed by atoms with E-state index < -0.39 is 12.0 Å². The molecular weight excluding hydrogens is 541 g/mol. The van der Waals surface area contributed by atoms with E-state index >= 15 is 0 Å². The molecule has 1 amide bonds. The second kappa shape index (κ2) is 11.0. The Morgan fingerprint density at radius 3 is 2.50 bits per heavy atom. The number of anilines is 1. The Morgan fingerprint density at radius 1 is 1.00 bits per heavy atom. The summed E-state index contributed by atoms with van der Waals surface area (Å²) in [7, 11) is 0. The number of nitrogens with zero attached hydrogens (tertiary/aromatic N) is 1. The second-order valence-corrected chi connectivity index (χ2v) is 10.0. The maximum Gasteiger partial charge on any atom is 0.266 e. The van der Waals surface area contributed by atoms with E-state index in [0.717, 1.165) is 5.52 Å². The van der Waals surface area contributed by atoms with Crippen LogP contribution in [0.5, 0.6) is 5.75 Å². The molecule has 0 aliphatic heterocycles. The van der Waals surface area contributed by atoms with E-state index in [1.807, 2.05) is 18.2 Å². The van der Waals surface area contributed by atoms with Crippen molar-refractivity contribution in [3.05, 3.63) is 75.2 Å². The zero-order valence-corrected chi connectivity index (χ0v) is 22.6. The van der Waals surface area contributed by atoms with Crippen molar-refractivity contribution in [3.63, 3.8) is 0 Å². The second-order valence-electron chi connectivity index (χ2n) is 8.37. The SMILES string of the molecule is CC(Oc1ccc(Cl)cc1Cl)C(=O)NC(=S)Nc1cc(-c2nc3cc(C(C)C)ccc3o2)ccc1Cl. The summed E-state index contributed by atoms with van der Waals surface area (Å²) < 4.78 is 11.6.